The van der Waals surface area contributed by atoms with Crippen molar-refractivity contribution in [3.63, 3.8) is 0 Å². The minimum atomic E-state index is -0.137. The molecule has 1 N–H and O–H groups in total. The fourth-order valence-electron chi connectivity index (χ4n) is 3.52. The highest BCUT2D eigenvalue weighted by Crippen LogP contribution is 2.24. The number of carbonyl (C=O) groups is 1. The van der Waals surface area contributed by atoms with E-state index in [9.17, 15) is 4.79 Å². The molecule has 1 amide bonds. The number of aromatic nitrogens is 3. The normalized spacial score (nSPS) is 11.0. The van der Waals surface area contributed by atoms with Gasteiger partial charge >= 0.3 is 0 Å². The Morgan fingerprint density at radius 3 is 2.55 bits per heavy atom. The van der Waals surface area contributed by atoms with Crippen molar-refractivity contribution in [2.45, 2.75) is 34.1 Å². The molecule has 158 valence electrons. The maximum absolute atomic E-state index is 12.5. The third-order valence-electron chi connectivity index (χ3n) is 5.17. The zero-order valence-corrected chi connectivity index (χ0v) is 18.3. The number of hydrogen-bond donors (Lipinski definition) is 1. The first-order valence-electron chi connectivity index (χ1n) is 10.3. The highest BCUT2D eigenvalue weighted by Gasteiger charge is 2.14. The SMILES string of the molecule is Cc1ccc(OCCC(=O)Nc2cc(C)nn2-c2cc(C)c3cccc(C)c3n2)cc1. The van der Waals surface area contributed by atoms with Crippen molar-refractivity contribution < 1.29 is 9.53 Å². The number of nitrogens with zero attached hydrogens (tertiary/aromatic N) is 3. The van der Waals surface area contributed by atoms with Crippen LogP contribution in [-0.4, -0.2) is 27.3 Å². The number of ether oxygens (including phenoxy) is 1. The number of carbonyl (C=O) groups excluding carboxylic acids is 1. The van der Waals surface area contributed by atoms with Gasteiger partial charge in [-0.2, -0.15) is 9.78 Å². The summed E-state index contributed by atoms with van der Waals surface area (Å²) in [6, 6.07) is 17.8. The van der Waals surface area contributed by atoms with Gasteiger partial charge in [0.05, 0.1) is 24.2 Å². The van der Waals surface area contributed by atoms with Gasteiger partial charge in [0, 0.05) is 11.5 Å². The fraction of sp³-hybridized carbons (Fsp3) is 0.240. The summed E-state index contributed by atoms with van der Waals surface area (Å²) in [6.07, 6.45) is 0.237. The van der Waals surface area contributed by atoms with Crippen LogP contribution in [0.15, 0.2) is 54.6 Å². The van der Waals surface area contributed by atoms with Gasteiger partial charge in [0.25, 0.3) is 0 Å². The van der Waals surface area contributed by atoms with E-state index in [1.54, 1.807) is 4.68 Å². The first-order chi connectivity index (χ1) is 14.9. The van der Waals surface area contributed by atoms with Gasteiger partial charge in [-0.3, -0.25) is 4.79 Å². The Morgan fingerprint density at radius 2 is 1.77 bits per heavy atom. The first kappa shape index (κ1) is 20.6. The van der Waals surface area contributed by atoms with Gasteiger partial charge in [-0.15, -0.1) is 0 Å². The number of aryl methyl sites for hydroxylation is 4. The van der Waals surface area contributed by atoms with Crippen LogP contribution in [0.25, 0.3) is 16.7 Å². The maximum atomic E-state index is 12.5. The second kappa shape index (κ2) is 8.60. The van der Waals surface area contributed by atoms with Crippen molar-refractivity contribution in [2.75, 3.05) is 11.9 Å². The van der Waals surface area contributed by atoms with E-state index in [4.69, 9.17) is 9.72 Å². The molecule has 0 fully saturated rings. The van der Waals surface area contributed by atoms with Crippen molar-refractivity contribution >= 4 is 22.6 Å². The van der Waals surface area contributed by atoms with Gasteiger partial charge in [0.1, 0.15) is 11.6 Å². The van der Waals surface area contributed by atoms with Crippen molar-refractivity contribution in [1.82, 2.24) is 14.8 Å². The lowest BCUT2D eigenvalue weighted by molar-refractivity contribution is -0.116. The van der Waals surface area contributed by atoms with Crippen LogP contribution in [0.5, 0.6) is 5.75 Å². The highest BCUT2D eigenvalue weighted by atomic mass is 16.5. The van der Waals surface area contributed by atoms with Crippen LogP contribution >= 0.6 is 0 Å². The number of para-hydroxylation sites is 1. The molecular formula is C25H26N4O2. The summed E-state index contributed by atoms with van der Waals surface area (Å²) in [6.45, 7) is 8.32. The quantitative estimate of drug-likeness (QED) is 0.479. The Kier molecular flexibility index (Phi) is 5.71. The molecule has 0 aliphatic carbocycles. The number of rotatable bonds is 6. The van der Waals surface area contributed by atoms with E-state index >= 15 is 0 Å². The second-order valence-electron chi connectivity index (χ2n) is 7.81. The molecule has 0 radical (unpaired) electrons. The molecule has 2 heterocycles. The zero-order chi connectivity index (χ0) is 22.0. The smallest absolute Gasteiger partial charge is 0.228 e. The number of benzene rings is 2. The molecule has 6 heteroatoms. The van der Waals surface area contributed by atoms with Gasteiger partial charge in [-0.25, -0.2) is 4.98 Å². The van der Waals surface area contributed by atoms with Crippen LogP contribution in [0.1, 0.15) is 28.8 Å². The molecule has 0 unspecified atom stereocenters. The Labute approximate surface area is 181 Å². The van der Waals surface area contributed by atoms with Gasteiger partial charge in [0.15, 0.2) is 5.82 Å². The molecule has 0 saturated carbocycles. The van der Waals surface area contributed by atoms with Crippen LogP contribution < -0.4 is 10.1 Å². The Hall–Kier alpha value is -3.67. The molecule has 4 rings (SSSR count). The molecule has 0 aliphatic rings. The molecule has 0 bridgehead atoms. The molecule has 4 aromatic rings. The number of pyridine rings is 1. The molecule has 0 aliphatic heterocycles. The lowest BCUT2D eigenvalue weighted by Crippen LogP contribution is -2.18. The van der Waals surface area contributed by atoms with Crippen LogP contribution in [0.3, 0.4) is 0 Å². The predicted octanol–water partition coefficient (Wildman–Crippen LogP) is 5.06. The number of hydrogen-bond acceptors (Lipinski definition) is 4. The van der Waals surface area contributed by atoms with Crippen LogP contribution in [-0.2, 0) is 4.79 Å². The molecule has 2 aromatic heterocycles. The third-order valence-corrected chi connectivity index (χ3v) is 5.17. The van der Waals surface area contributed by atoms with Crippen LogP contribution in [0.2, 0.25) is 0 Å². The molecule has 6 nitrogen and oxygen atoms in total. The summed E-state index contributed by atoms with van der Waals surface area (Å²) < 4.78 is 7.36. The van der Waals surface area contributed by atoms with Crippen molar-refractivity contribution in [1.29, 1.82) is 0 Å². The standard InChI is InChI=1S/C25H26N4O2/c1-16-8-10-20(11-9-16)31-13-12-24(30)26-23-15-19(4)28-29(23)22-14-18(3)21-7-5-6-17(2)25(21)27-22/h5-11,14-15H,12-13H2,1-4H3,(H,26,30). The Balaban J connectivity index is 1.51. The minimum Gasteiger partial charge on any atom is -0.493 e. The van der Waals surface area contributed by atoms with Gasteiger partial charge in [0.2, 0.25) is 5.91 Å². The average Bonchev–Trinajstić information content (AvgIpc) is 3.10. The van der Waals surface area contributed by atoms with E-state index in [0.717, 1.165) is 33.5 Å². The number of nitrogens with one attached hydrogen (secondary N) is 1. The fourth-order valence-corrected chi connectivity index (χ4v) is 3.52. The van der Waals surface area contributed by atoms with Crippen molar-refractivity contribution in [2.24, 2.45) is 0 Å². The van der Waals surface area contributed by atoms with E-state index in [0.29, 0.717) is 18.2 Å². The lowest BCUT2D eigenvalue weighted by atomic mass is 10.1. The average molecular weight is 415 g/mol. The molecule has 31 heavy (non-hydrogen) atoms. The summed E-state index contributed by atoms with van der Waals surface area (Å²) in [7, 11) is 0. The number of anilines is 1. The van der Waals surface area contributed by atoms with Crippen molar-refractivity contribution in [3.05, 3.63) is 77.0 Å². The molecule has 2 aromatic carbocycles. The summed E-state index contributed by atoms with van der Waals surface area (Å²) in [4.78, 5) is 17.4. The first-order valence-corrected chi connectivity index (χ1v) is 10.3. The summed E-state index contributed by atoms with van der Waals surface area (Å²) in [5.74, 6) is 1.89. The van der Waals surface area contributed by atoms with Gasteiger partial charge in [-0.05, 0) is 57.0 Å². The third kappa shape index (κ3) is 4.58. The largest absolute Gasteiger partial charge is 0.493 e. The van der Waals surface area contributed by atoms with Gasteiger partial charge < -0.3 is 10.1 Å². The molecular weight excluding hydrogens is 388 g/mol. The van der Waals surface area contributed by atoms with E-state index in [1.165, 1.54) is 5.56 Å². The molecule has 0 atom stereocenters. The summed E-state index contributed by atoms with van der Waals surface area (Å²) in [5.41, 5.74) is 5.12. The van der Waals surface area contributed by atoms with E-state index in [1.807, 2.05) is 69.3 Å². The van der Waals surface area contributed by atoms with E-state index < -0.39 is 0 Å². The van der Waals surface area contributed by atoms with E-state index in [-0.39, 0.29) is 12.3 Å². The van der Waals surface area contributed by atoms with Crippen LogP contribution in [0, 0.1) is 27.7 Å². The summed E-state index contributed by atoms with van der Waals surface area (Å²) >= 11 is 0. The molecule has 0 spiro atoms. The summed E-state index contributed by atoms with van der Waals surface area (Å²) in [5, 5.41) is 8.62. The zero-order valence-electron chi connectivity index (χ0n) is 18.3. The van der Waals surface area contributed by atoms with Crippen molar-refractivity contribution in [3.8, 4) is 11.6 Å². The van der Waals surface area contributed by atoms with Gasteiger partial charge in [-0.1, -0.05) is 35.9 Å². The molecule has 0 saturated heterocycles. The monoisotopic (exact) mass is 414 g/mol. The number of fused-ring (bicyclic) bond motifs is 1. The Bertz CT molecular complexity index is 1240. The van der Waals surface area contributed by atoms with Crippen LogP contribution in [0.4, 0.5) is 5.82 Å². The second-order valence-corrected chi connectivity index (χ2v) is 7.81. The van der Waals surface area contributed by atoms with E-state index in [2.05, 4.69) is 23.4 Å². The topological polar surface area (TPSA) is 69.0 Å². The Morgan fingerprint density at radius 1 is 1.00 bits per heavy atom. The maximum Gasteiger partial charge on any atom is 0.228 e. The lowest BCUT2D eigenvalue weighted by Gasteiger charge is -2.12. The minimum absolute atomic E-state index is 0.137. The number of amides is 1. The highest BCUT2D eigenvalue weighted by molar-refractivity contribution is 5.90. The predicted molar refractivity (Wildman–Crippen MR) is 123 cm³/mol.